The van der Waals surface area contributed by atoms with E-state index in [4.69, 9.17) is 4.99 Å². The predicted molar refractivity (Wildman–Crippen MR) is 102 cm³/mol. The topological polar surface area (TPSA) is 54.3 Å². The molecule has 0 spiro atoms. The molecule has 6 nitrogen and oxygen atoms in total. The molecule has 1 unspecified atom stereocenters. The quantitative estimate of drug-likeness (QED) is 0.385. The summed E-state index contributed by atoms with van der Waals surface area (Å²) in [6, 6.07) is 0.472. The lowest BCUT2D eigenvalue weighted by Gasteiger charge is -2.36. The highest BCUT2D eigenvalue weighted by molar-refractivity contribution is 14.0. The summed E-state index contributed by atoms with van der Waals surface area (Å²) in [4.78, 5) is 11.9. The number of β-amino-alcohol motifs (C(OH)–C–C–N with tert-alkyl or cyclic N) is 1. The van der Waals surface area contributed by atoms with E-state index in [1.165, 1.54) is 0 Å². The van der Waals surface area contributed by atoms with Gasteiger partial charge >= 0.3 is 0 Å². The fourth-order valence-corrected chi connectivity index (χ4v) is 2.96. The minimum atomic E-state index is -0.205. The van der Waals surface area contributed by atoms with Crippen LogP contribution in [0, 0.1) is 0 Å². The number of hydrogen-bond acceptors (Lipinski definition) is 4. The van der Waals surface area contributed by atoms with Gasteiger partial charge in [-0.1, -0.05) is 0 Å². The van der Waals surface area contributed by atoms with Gasteiger partial charge in [0.05, 0.1) is 12.6 Å². The number of hydrogen-bond donors (Lipinski definition) is 2. The molecule has 0 aliphatic carbocycles. The molecule has 0 amide bonds. The second-order valence-corrected chi connectivity index (χ2v) is 6.27. The van der Waals surface area contributed by atoms with Crippen LogP contribution in [0.4, 0.5) is 0 Å². The smallest absolute Gasteiger partial charge is 0.194 e. The number of halogens is 1. The van der Waals surface area contributed by atoms with Gasteiger partial charge < -0.3 is 20.2 Å². The van der Waals surface area contributed by atoms with Crippen LogP contribution in [0.15, 0.2) is 4.99 Å². The lowest BCUT2D eigenvalue weighted by atomic mass is 10.2. The molecule has 2 heterocycles. The number of guanidine groups is 1. The molecule has 0 bridgehead atoms. The minimum absolute atomic E-state index is 0. The van der Waals surface area contributed by atoms with Crippen molar-refractivity contribution in [2.75, 3.05) is 59.4 Å². The molecule has 0 saturated carbocycles. The first-order valence-corrected chi connectivity index (χ1v) is 8.24. The number of rotatable bonds is 4. The van der Waals surface area contributed by atoms with Crippen LogP contribution < -0.4 is 5.32 Å². The molecule has 0 radical (unpaired) electrons. The number of nitrogens with zero attached hydrogens (tertiary/aromatic N) is 4. The number of likely N-dealkylation sites (tertiary alicyclic amines) is 1. The van der Waals surface area contributed by atoms with Crippen molar-refractivity contribution >= 4 is 29.9 Å². The second-order valence-electron chi connectivity index (χ2n) is 6.27. The Morgan fingerprint density at radius 1 is 1.27 bits per heavy atom. The maximum Gasteiger partial charge on any atom is 0.194 e. The molecule has 7 heteroatoms. The van der Waals surface area contributed by atoms with Crippen LogP contribution >= 0.6 is 24.0 Å². The monoisotopic (exact) mass is 425 g/mol. The van der Waals surface area contributed by atoms with Gasteiger partial charge in [0.15, 0.2) is 5.96 Å². The van der Waals surface area contributed by atoms with E-state index in [9.17, 15) is 5.11 Å². The Kier molecular flexibility index (Phi) is 8.96. The van der Waals surface area contributed by atoms with E-state index < -0.39 is 0 Å². The fraction of sp³-hybridized carbons (Fsp3) is 0.933. The Bertz CT molecular complexity index is 347. The maximum absolute atomic E-state index is 9.69. The highest BCUT2D eigenvalue weighted by atomic mass is 127. The molecule has 0 aromatic carbocycles. The van der Waals surface area contributed by atoms with Crippen LogP contribution in [-0.4, -0.2) is 97.3 Å². The molecule has 2 aliphatic heterocycles. The van der Waals surface area contributed by atoms with Crippen molar-refractivity contribution in [1.29, 1.82) is 0 Å². The number of aliphatic hydroxyl groups is 1. The molecule has 2 atom stereocenters. The first-order valence-electron chi connectivity index (χ1n) is 8.24. The average molecular weight is 425 g/mol. The van der Waals surface area contributed by atoms with Gasteiger partial charge in [0, 0.05) is 51.9 Å². The number of aliphatic hydroxyl groups excluding tert-OH is 1. The lowest BCUT2D eigenvalue weighted by molar-refractivity contribution is 0.122. The molecule has 0 aromatic rings. The van der Waals surface area contributed by atoms with E-state index in [1.807, 2.05) is 0 Å². The zero-order valence-electron chi connectivity index (χ0n) is 14.2. The van der Waals surface area contributed by atoms with Crippen LogP contribution in [0.1, 0.15) is 20.3 Å². The molecule has 2 N–H and O–H groups in total. The summed E-state index contributed by atoms with van der Waals surface area (Å²) in [5.41, 5.74) is 0. The Balaban J connectivity index is 0.00000242. The predicted octanol–water partition coefficient (Wildman–Crippen LogP) is 0.272. The summed E-state index contributed by atoms with van der Waals surface area (Å²) in [6.07, 6.45) is 0.641. The van der Waals surface area contributed by atoms with Gasteiger partial charge in [-0.25, -0.2) is 0 Å². The lowest BCUT2D eigenvalue weighted by Crippen LogP contribution is -2.49. The number of likely N-dealkylation sites (N-methyl/N-ethyl adjacent to an activating group) is 1. The highest BCUT2D eigenvalue weighted by Gasteiger charge is 2.23. The van der Waals surface area contributed by atoms with Crippen LogP contribution in [0.2, 0.25) is 0 Å². The third kappa shape index (κ3) is 5.82. The van der Waals surface area contributed by atoms with Gasteiger partial charge in [-0.3, -0.25) is 9.89 Å². The average Bonchev–Trinajstić information content (AvgIpc) is 2.90. The second kappa shape index (κ2) is 9.89. The van der Waals surface area contributed by atoms with Gasteiger partial charge in [0.25, 0.3) is 0 Å². The zero-order valence-corrected chi connectivity index (χ0v) is 16.5. The van der Waals surface area contributed by atoms with E-state index in [0.29, 0.717) is 12.6 Å². The van der Waals surface area contributed by atoms with Crippen LogP contribution in [0.3, 0.4) is 0 Å². The largest absolute Gasteiger partial charge is 0.391 e. The van der Waals surface area contributed by atoms with Crippen molar-refractivity contribution in [2.45, 2.75) is 32.4 Å². The number of nitrogens with one attached hydrogen (secondary N) is 1. The molecule has 2 saturated heterocycles. The third-order valence-corrected chi connectivity index (χ3v) is 4.46. The highest BCUT2D eigenvalue weighted by Crippen LogP contribution is 2.10. The SMILES string of the molecule is CCNC(=NCC(C)N1CCN(C)CC1)N1CC[C@@H](O)C1.I. The summed E-state index contributed by atoms with van der Waals surface area (Å²) in [5, 5.41) is 13.0. The summed E-state index contributed by atoms with van der Waals surface area (Å²) in [7, 11) is 2.18. The third-order valence-electron chi connectivity index (χ3n) is 4.46. The molecular formula is C15H32IN5O. The molecule has 22 heavy (non-hydrogen) atoms. The zero-order chi connectivity index (χ0) is 15.2. The Morgan fingerprint density at radius 3 is 2.50 bits per heavy atom. The van der Waals surface area contributed by atoms with E-state index in [-0.39, 0.29) is 30.1 Å². The minimum Gasteiger partial charge on any atom is -0.391 e. The number of piperazine rings is 1. The van der Waals surface area contributed by atoms with Crippen LogP contribution in [0.25, 0.3) is 0 Å². The van der Waals surface area contributed by atoms with E-state index in [1.54, 1.807) is 0 Å². The van der Waals surface area contributed by atoms with Crippen molar-refractivity contribution in [1.82, 2.24) is 20.0 Å². The van der Waals surface area contributed by atoms with Crippen LogP contribution in [0.5, 0.6) is 0 Å². The Labute approximate surface area is 151 Å². The Morgan fingerprint density at radius 2 is 1.95 bits per heavy atom. The normalized spacial score (nSPS) is 25.9. The van der Waals surface area contributed by atoms with Crippen molar-refractivity contribution in [3.8, 4) is 0 Å². The van der Waals surface area contributed by atoms with Crippen molar-refractivity contribution in [2.24, 2.45) is 4.99 Å². The van der Waals surface area contributed by atoms with Gasteiger partial charge in [0.2, 0.25) is 0 Å². The van der Waals surface area contributed by atoms with Crippen molar-refractivity contribution < 1.29 is 5.11 Å². The first-order chi connectivity index (χ1) is 10.1. The molecule has 2 fully saturated rings. The van der Waals surface area contributed by atoms with E-state index in [0.717, 1.165) is 58.2 Å². The van der Waals surface area contributed by atoms with E-state index >= 15 is 0 Å². The van der Waals surface area contributed by atoms with Gasteiger partial charge in [0.1, 0.15) is 0 Å². The van der Waals surface area contributed by atoms with Crippen molar-refractivity contribution in [3.63, 3.8) is 0 Å². The first kappa shape index (κ1) is 19.9. The van der Waals surface area contributed by atoms with Gasteiger partial charge in [-0.2, -0.15) is 0 Å². The van der Waals surface area contributed by atoms with Gasteiger partial charge in [-0.15, -0.1) is 24.0 Å². The Hall–Kier alpha value is -0.120. The molecule has 130 valence electrons. The molecule has 0 aromatic heterocycles. The summed E-state index contributed by atoms with van der Waals surface area (Å²) >= 11 is 0. The summed E-state index contributed by atoms with van der Waals surface area (Å²) < 4.78 is 0. The standard InChI is InChI=1S/C15H31N5O.HI/c1-4-16-15(20-6-5-14(21)12-20)17-11-13(2)19-9-7-18(3)8-10-19;/h13-14,21H,4-12H2,1-3H3,(H,16,17);1H/t13?,14-;/m1./s1. The molecular weight excluding hydrogens is 393 g/mol. The molecule has 2 aliphatic rings. The summed E-state index contributed by atoms with van der Waals surface area (Å²) in [6.45, 7) is 12.2. The van der Waals surface area contributed by atoms with Gasteiger partial charge in [-0.05, 0) is 27.3 Å². The van der Waals surface area contributed by atoms with Crippen molar-refractivity contribution in [3.05, 3.63) is 0 Å². The van der Waals surface area contributed by atoms with E-state index in [2.05, 4.69) is 40.9 Å². The molecule has 2 rings (SSSR count). The maximum atomic E-state index is 9.69. The fourth-order valence-electron chi connectivity index (χ4n) is 2.96. The number of aliphatic imine (C=N–C) groups is 1. The summed E-state index contributed by atoms with van der Waals surface area (Å²) in [5.74, 6) is 0.954. The van der Waals surface area contributed by atoms with Crippen LogP contribution in [-0.2, 0) is 0 Å².